The molecule has 2 aliphatic heterocycles. The van der Waals surface area contributed by atoms with Crippen LogP contribution in [0.1, 0.15) is 56.0 Å². The number of hydrogen-bond donors (Lipinski definition) is 0. The van der Waals surface area contributed by atoms with E-state index in [0.29, 0.717) is 39.1 Å². The number of nitrogens with zero attached hydrogens (tertiary/aromatic N) is 4. The maximum Gasteiger partial charge on any atom is 2.00 e. The molecule has 7 nitrogen and oxygen atoms in total. The third kappa shape index (κ3) is 6.06. The summed E-state index contributed by atoms with van der Waals surface area (Å²) in [6.45, 7) is 7.03. The van der Waals surface area contributed by atoms with Gasteiger partial charge in [0, 0.05) is 16.7 Å². The molecular formula is C43H32N4O3Zn. The number of fused-ring (bicyclic) bond motifs is 8. The summed E-state index contributed by atoms with van der Waals surface area (Å²) in [5.41, 5.74) is 10.2. The summed E-state index contributed by atoms with van der Waals surface area (Å²) in [5.74, 6) is -0.613. The first-order valence-corrected chi connectivity index (χ1v) is 16.6. The van der Waals surface area contributed by atoms with E-state index < -0.39 is 0 Å². The molecule has 3 aromatic heterocycles. The van der Waals surface area contributed by atoms with E-state index in [4.69, 9.17) is 24.7 Å². The molecule has 8 rings (SSSR count). The van der Waals surface area contributed by atoms with E-state index in [2.05, 4.69) is 0 Å². The van der Waals surface area contributed by atoms with Crippen LogP contribution in [0.4, 0.5) is 0 Å². The number of ether oxygens (including phenoxy) is 1. The maximum absolute atomic E-state index is 14.3. The van der Waals surface area contributed by atoms with E-state index in [0.717, 1.165) is 44.7 Å². The summed E-state index contributed by atoms with van der Waals surface area (Å²) in [7, 11) is 0. The zero-order valence-electron chi connectivity index (χ0n) is 28.8. The van der Waals surface area contributed by atoms with E-state index in [1.54, 1.807) is 13.8 Å². The molecule has 2 aromatic carbocycles. The second-order valence-corrected chi connectivity index (χ2v) is 12.7. The van der Waals surface area contributed by atoms with Crippen LogP contribution in [-0.4, -0.2) is 27.6 Å². The van der Waals surface area contributed by atoms with Crippen LogP contribution >= 0.6 is 0 Å². The zero-order valence-corrected chi connectivity index (χ0v) is 31.7. The van der Waals surface area contributed by atoms with Gasteiger partial charge in [-0.1, -0.05) is 91.0 Å². The normalized spacial score (nSPS) is 14.1. The number of ketones is 2. The molecule has 0 atom stereocenters. The van der Waals surface area contributed by atoms with Crippen LogP contribution in [0.3, 0.4) is 0 Å². The van der Waals surface area contributed by atoms with E-state index in [9.17, 15) is 9.59 Å². The van der Waals surface area contributed by atoms with Gasteiger partial charge < -0.3 is 14.7 Å². The van der Waals surface area contributed by atoms with Gasteiger partial charge in [0.15, 0.2) is 11.5 Å². The van der Waals surface area contributed by atoms with Gasteiger partial charge in [0.05, 0.1) is 34.5 Å². The monoisotopic (exact) mass is 716 g/mol. The Morgan fingerprint density at radius 2 is 1.10 bits per heavy atom. The number of allylic oxidation sites excluding steroid dienone is 3. The minimum Gasteiger partial charge on any atom is -0.657 e. The van der Waals surface area contributed by atoms with Crippen molar-refractivity contribution >= 4 is 63.5 Å². The Morgan fingerprint density at radius 3 is 1.73 bits per heavy atom. The van der Waals surface area contributed by atoms with Gasteiger partial charge in [-0.25, -0.2) is 9.97 Å². The van der Waals surface area contributed by atoms with Crippen molar-refractivity contribution in [2.45, 2.75) is 33.8 Å². The number of benzene rings is 2. The first kappa shape index (κ1) is 33.8. The maximum atomic E-state index is 14.3. The predicted molar refractivity (Wildman–Crippen MR) is 199 cm³/mol. The van der Waals surface area contributed by atoms with Gasteiger partial charge in [-0.05, 0) is 74.3 Å². The third-order valence-corrected chi connectivity index (χ3v) is 9.07. The first-order valence-electron chi connectivity index (χ1n) is 16.6. The number of rotatable bonds is 5. The molecule has 0 spiro atoms. The number of hydrogen-bond acceptors (Lipinski definition) is 5. The summed E-state index contributed by atoms with van der Waals surface area (Å²) in [4.78, 5) is 48.6. The number of carbonyl (C=O) groups is 2. The van der Waals surface area contributed by atoms with Gasteiger partial charge in [0.25, 0.3) is 0 Å². The van der Waals surface area contributed by atoms with E-state index in [1.165, 1.54) is 0 Å². The van der Waals surface area contributed by atoms with Crippen molar-refractivity contribution in [3.63, 3.8) is 0 Å². The van der Waals surface area contributed by atoms with Crippen molar-refractivity contribution < 1.29 is 33.8 Å². The van der Waals surface area contributed by atoms with Crippen molar-refractivity contribution in [2.75, 3.05) is 0 Å². The molecule has 51 heavy (non-hydrogen) atoms. The number of aromatic nitrogens is 4. The van der Waals surface area contributed by atoms with Gasteiger partial charge in [-0.15, -0.1) is 22.1 Å². The van der Waals surface area contributed by atoms with Gasteiger partial charge in [-0.3, -0.25) is 9.59 Å². The summed E-state index contributed by atoms with van der Waals surface area (Å²) in [6, 6.07) is 29.7. The van der Waals surface area contributed by atoms with Crippen LogP contribution < -0.4 is 9.97 Å². The predicted octanol–water partition coefficient (Wildman–Crippen LogP) is 8.87. The Kier molecular flexibility index (Phi) is 8.96. The van der Waals surface area contributed by atoms with E-state index in [1.807, 2.05) is 129 Å². The molecule has 0 N–H and O–H groups in total. The molecule has 0 saturated heterocycles. The van der Waals surface area contributed by atoms with Crippen LogP contribution in [0, 0.1) is 0 Å². The quantitative estimate of drug-likeness (QED) is 0.130. The largest absolute Gasteiger partial charge is 2.00 e. The average Bonchev–Trinajstić information content (AvgIpc) is 3.95. The fourth-order valence-electron chi connectivity index (χ4n) is 6.57. The first-order chi connectivity index (χ1) is 24.3. The van der Waals surface area contributed by atoms with Crippen LogP contribution in [0.5, 0.6) is 0 Å². The topological polar surface area (TPSA) is 97.4 Å². The second-order valence-electron chi connectivity index (χ2n) is 12.7. The molecule has 0 saturated carbocycles. The summed E-state index contributed by atoms with van der Waals surface area (Å²) >= 11 is 0. The summed E-state index contributed by atoms with van der Waals surface area (Å²) in [5, 5.41) is 0. The van der Waals surface area contributed by atoms with Crippen LogP contribution in [-0.2, 0) is 33.8 Å². The van der Waals surface area contributed by atoms with Crippen LogP contribution in [0.25, 0.3) is 74.2 Å². The van der Waals surface area contributed by atoms with Crippen molar-refractivity contribution in [1.82, 2.24) is 19.9 Å². The Hall–Kier alpha value is -5.72. The molecule has 244 valence electrons. The summed E-state index contributed by atoms with van der Waals surface area (Å²) in [6.07, 6.45) is 7.41. The van der Waals surface area contributed by atoms with Crippen molar-refractivity contribution in [2.24, 2.45) is 0 Å². The zero-order chi connectivity index (χ0) is 34.5. The Labute approximate surface area is 308 Å². The number of Topliss-reactive ketones (excluding diaryl/α,β-unsaturated/α-hetero) is 2. The molecule has 8 heteroatoms. The smallest absolute Gasteiger partial charge is 0.657 e. The number of carbonyl (C=O) groups excluding carboxylic acids is 2. The van der Waals surface area contributed by atoms with Gasteiger partial charge in [0.1, 0.15) is 0 Å². The standard InChI is InChI=1S/C43H34N4O3.Zn/c1-24(2)50-43-40(41(48)25(3)26(4)42(43)49)39-35-21-19-33(46-35)37(27-11-7-5-8-12-27)31-17-15-29(44-31)23-30-16-18-32(45-30)38(28-13-9-6-10-14-28)34-20-22-36(39)47-34;/h5-24H,1-4H3,(H2,44,45,46,47,48,49);/q;+2/p-2. The molecule has 0 unspecified atom stereocenters. The Balaban J connectivity index is 0.00000406. The second kappa shape index (κ2) is 13.5. The van der Waals surface area contributed by atoms with E-state index >= 15 is 0 Å². The molecule has 5 aromatic rings. The molecule has 8 bridgehead atoms. The van der Waals surface area contributed by atoms with E-state index in [-0.39, 0.29) is 48.5 Å². The molecule has 1 aliphatic carbocycles. The Bertz CT molecular complexity index is 2500. The van der Waals surface area contributed by atoms with Crippen molar-refractivity contribution in [3.05, 3.63) is 136 Å². The molecule has 5 heterocycles. The fourth-order valence-corrected chi connectivity index (χ4v) is 6.57. The van der Waals surface area contributed by atoms with Crippen LogP contribution in [0.15, 0.2) is 108 Å². The Morgan fingerprint density at radius 1 is 0.588 bits per heavy atom. The van der Waals surface area contributed by atoms with Gasteiger partial charge >= 0.3 is 19.5 Å². The molecule has 0 fully saturated rings. The SMILES string of the molecule is CC1=C(C)C(=O)C(c2c3nc(c(-c4ccccc4)c4ccc(cc5nc(c(-c6ccccc6)c6ccc2[n-]6)C=C5)[n-]4)C=C3)=C(OC(C)C)C1=O.[Zn+2]. The minimum absolute atomic E-state index is 0. The molecule has 0 amide bonds. The average molecular weight is 718 g/mol. The van der Waals surface area contributed by atoms with Gasteiger partial charge in [-0.2, -0.15) is 0 Å². The minimum atomic E-state index is -0.357. The van der Waals surface area contributed by atoms with Crippen molar-refractivity contribution in [3.8, 4) is 22.3 Å². The fraction of sp³-hybridized carbons (Fsp3) is 0.116. The van der Waals surface area contributed by atoms with Crippen LogP contribution in [0.2, 0.25) is 0 Å². The van der Waals surface area contributed by atoms with Gasteiger partial charge in [0.2, 0.25) is 5.78 Å². The third-order valence-electron chi connectivity index (χ3n) is 9.07. The molecule has 3 aliphatic rings. The summed E-state index contributed by atoms with van der Waals surface area (Å²) < 4.78 is 6.18. The molecular weight excluding hydrogens is 686 g/mol. The molecule has 0 radical (unpaired) electrons. The van der Waals surface area contributed by atoms with Crippen molar-refractivity contribution in [1.29, 1.82) is 0 Å².